The predicted octanol–water partition coefficient (Wildman–Crippen LogP) is 14.7. The molecule has 0 spiro atoms. The van der Waals surface area contributed by atoms with Crippen LogP contribution in [0.15, 0.2) is 134 Å². The van der Waals surface area contributed by atoms with Crippen LogP contribution in [0, 0.1) is 24.6 Å². The number of ether oxygens (including phenoxy) is 1. The molecule has 8 aromatic rings. The fourth-order valence-electron chi connectivity index (χ4n) is 7.94. The molecule has 6 aromatic carbocycles. The van der Waals surface area contributed by atoms with Gasteiger partial charge in [-0.05, 0) is 104 Å². The summed E-state index contributed by atoms with van der Waals surface area (Å²) in [5, 5.41) is 1.65. The molecular formula is C54H50FN4OPt-3. The van der Waals surface area contributed by atoms with E-state index >= 15 is 0 Å². The van der Waals surface area contributed by atoms with Crippen LogP contribution in [0.3, 0.4) is 0 Å². The molecule has 9 rings (SSSR count). The number of rotatable bonds is 6. The zero-order valence-corrected chi connectivity index (χ0v) is 38.4. The molecule has 5 nitrogen and oxygen atoms in total. The Morgan fingerprint density at radius 1 is 0.574 bits per heavy atom. The minimum Gasteiger partial charge on any atom is -0.509 e. The number of aromatic nitrogens is 2. The largest absolute Gasteiger partial charge is 0.509 e. The average molecular weight is 985 g/mol. The molecule has 7 heteroatoms. The maximum atomic E-state index is 14.7. The maximum absolute atomic E-state index is 14.7. The van der Waals surface area contributed by atoms with Gasteiger partial charge in [-0.15, -0.1) is 48.1 Å². The molecule has 61 heavy (non-hydrogen) atoms. The predicted molar refractivity (Wildman–Crippen MR) is 246 cm³/mol. The third-order valence-electron chi connectivity index (χ3n) is 11.4. The van der Waals surface area contributed by atoms with E-state index in [9.17, 15) is 4.39 Å². The van der Waals surface area contributed by atoms with Crippen molar-refractivity contribution in [3.63, 3.8) is 0 Å². The van der Waals surface area contributed by atoms with E-state index in [1.807, 2.05) is 47.2 Å². The van der Waals surface area contributed by atoms with Gasteiger partial charge in [0.1, 0.15) is 11.6 Å². The van der Waals surface area contributed by atoms with Gasteiger partial charge in [0.25, 0.3) is 0 Å². The van der Waals surface area contributed by atoms with Crippen LogP contribution in [-0.2, 0) is 37.3 Å². The van der Waals surface area contributed by atoms with Gasteiger partial charge in [-0.1, -0.05) is 110 Å². The van der Waals surface area contributed by atoms with E-state index in [2.05, 4.69) is 170 Å². The van der Waals surface area contributed by atoms with Gasteiger partial charge < -0.3 is 19.1 Å². The molecule has 2 aromatic heterocycles. The first kappa shape index (κ1) is 42.0. The molecule has 0 atom stereocenters. The van der Waals surface area contributed by atoms with Gasteiger partial charge in [0.05, 0.1) is 0 Å². The minimum absolute atomic E-state index is 0. The molecule has 0 amide bonds. The average Bonchev–Trinajstić information content (AvgIpc) is 3.75. The fourth-order valence-corrected chi connectivity index (χ4v) is 7.94. The molecule has 0 bridgehead atoms. The van der Waals surface area contributed by atoms with Crippen LogP contribution in [0.2, 0.25) is 0 Å². The maximum Gasteiger partial charge on any atom is 0.135 e. The van der Waals surface area contributed by atoms with Gasteiger partial charge in [-0.25, -0.2) is 9.37 Å². The third-order valence-corrected chi connectivity index (χ3v) is 11.4. The molecule has 312 valence electrons. The van der Waals surface area contributed by atoms with Crippen molar-refractivity contribution in [2.75, 3.05) is 9.80 Å². The first-order valence-corrected chi connectivity index (χ1v) is 20.6. The number of pyridine rings is 1. The van der Waals surface area contributed by atoms with Crippen molar-refractivity contribution in [1.82, 2.24) is 9.55 Å². The summed E-state index contributed by atoms with van der Waals surface area (Å²) in [5.74, 6) is 1.50. The first-order valence-electron chi connectivity index (χ1n) is 20.6. The second kappa shape index (κ2) is 15.6. The number of halogens is 1. The van der Waals surface area contributed by atoms with Gasteiger partial charge in [0.2, 0.25) is 0 Å². The van der Waals surface area contributed by atoms with E-state index in [0.717, 1.165) is 67.1 Å². The van der Waals surface area contributed by atoms with Gasteiger partial charge in [0, 0.05) is 61.3 Å². The van der Waals surface area contributed by atoms with Crippen LogP contribution in [0.5, 0.6) is 11.5 Å². The van der Waals surface area contributed by atoms with Crippen LogP contribution >= 0.6 is 0 Å². The molecule has 0 saturated carbocycles. The zero-order valence-electron chi connectivity index (χ0n) is 36.2. The number of anilines is 4. The second-order valence-electron chi connectivity index (χ2n) is 18.9. The Hall–Kier alpha value is -5.71. The van der Waals surface area contributed by atoms with E-state index in [-0.39, 0.29) is 43.1 Å². The van der Waals surface area contributed by atoms with Gasteiger partial charge in [0.15, 0.2) is 0 Å². The van der Waals surface area contributed by atoms with Gasteiger partial charge >= 0.3 is 0 Å². The van der Waals surface area contributed by atoms with Crippen molar-refractivity contribution in [2.45, 2.75) is 78.6 Å². The topological polar surface area (TPSA) is 33.5 Å². The fraction of sp³-hybridized carbons (Fsp3) is 0.222. The van der Waals surface area contributed by atoms with Gasteiger partial charge in [-0.3, -0.25) is 0 Å². The molecule has 0 saturated heterocycles. The molecule has 0 fully saturated rings. The Labute approximate surface area is 374 Å². The molecule has 0 aliphatic carbocycles. The van der Waals surface area contributed by atoms with Crippen LogP contribution in [0.1, 0.15) is 79.0 Å². The number of fused-ring (bicyclic) bond motifs is 4. The van der Waals surface area contributed by atoms with Crippen molar-refractivity contribution < 1.29 is 30.2 Å². The molecular weight excluding hydrogens is 935 g/mol. The van der Waals surface area contributed by atoms with Gasteiger partial charge in [-0.2, -0.15) is 12.1 Å². The quantitative estimate of drug-likeness (QED) is 0.156. The van der Waals surface area contributed by atoms with E-state index in [1.165, 1.54) is 17.2 Å². The number of benzene rings is 6. The number of hydrogen-bond acceptors (Lipinski definition) is 4. The van der Waals surface area contributed by atoms with Crippen molar-refractivity contribution in [3.8, 4) is 28.4 Å². The molecule has 0 radical (unpaired) electrons. The standard InChI is InChI=1S/C54H50FN4O.Pt/c1-52(2,3)37-24-25-56-51(30-37)59-47-23-19-40(55)31-46(47)45-21-20-44(33-49(45)59)60-43-17-13-16-41(32-43)57-34-58(42-28-38(53(4,5)6)27-39(29-42)54(7,8)9)50-26-36(18-22-48(50)57)35-14-11-10-12-15-35;/h10-31,34H,1-9H3;/q-3;. The summed E-state index contributed by atoms with van der Waals surface area (Å²) in [6.45, 7) is 22.4. The molecule has 3 heterocycles. The first-order chi connectivity index (χ1) is 28.5. The summed E-state index contributed by atoms with van der Waals surface area (Å²) >= 11 is 0. The zero-order chi connectivity index (χ0) is 42.1. The van der Waals surface area contributed by atoms with E-state index in [1.54, 1.807) is 6.07 Å². The summed E-state index contributed by atoms with van der Waals surface area (Å²) in [6, 6.07) is 50.1. The van der Waals surface area contributed by atoms with E-state index in [0.29, 0.717) is 11.5 Å². The van der Waals surface area contributed by atoms with Crippen LogP contribution < -0.4 is 14.5 Å². The number of hydrogen-bond donors (Lipinski definition) is 0. The smallest absolute Gasteiger partial charge is 0.135 e. The Morgan fingerprint density at radius 2 is 1.28 bits per heavy atom. The van der Waals surface area contributed by atoms with Crippen molar-refractivity contribution in [1.29, 1.82) is 0 Å². The van der Waals surface area contributed by atoms with Crippen molar-refractivity contribution in [3.05, 3.63) is 175 Å². The molecule has 1 aliphatic rings. The Morgan fingerprint density at radius 3 is 1.98 bits per heavy atom. The van der Waals surface area contributed by atoms with Crippen LogP contribution in [-0.4, -0.2) is 9.55 Å². The van der Waals surface area contributed by atoms with Crippen LogP contribution in [0.25, 0.3) is 38.8 Å². The minimum atomic E-state index is -0.295. The summed E-state index contributed by atoms with van der Waals surface area (Å²) in [5.41, 5.74) is 11.5. The summed E-state index contributed by atoms with van der Waals surface area (Å²) in [6.07, 6.45) is 1.83. The van der Waals surface area contributed by atoms with E-state index in [4.69, 9.17) is 9.72 Å². The Kier molecular flexibility index (Phi) is 10.8. The second-order valence-corrected chi connectivity index (χ2v) is 18.9. The summed E-state index contributed by atoms with van der Waals surface area (Å²) in [7, 11) is 0. The molecule has 1 aliphatic heterocycles. The Balaban J connectivity index is 0.00000514. The normalized spacial score (nSPS) is 13.1. The number of nitrogens with zero attached hydrogens (tertiary/aromatic N) is 4. The summed E-state index contributed by atoms with van der Waals surface area (Å²) in [4.78, 5) is 9.27. The van der Waals surface area contributed by atoms with Crippen molar-refractivity contribution >= 4 is 44.6 Å². The SMILES string of the molecule is CC(C)(C)c1cc(N2[CH-]N(c3[c-]c(Oc4[c-]c5c(cc4)c4cc(F)ccc4n5-c4cc(C(C)(C)C)ccn4)ccc3)c3ccc(-c4ccccc4)cc32)cc(C(C)(C)C)c1.[Pt]. The Bertz CT molecular complexity index is 2880. The monoisotopic (exact) mass is 984 g/mol. The third kappa shape index (κ3) is 8.11. The van der Waals surface area contributed by atoms with Crippen molar-refractivity contribution in [2.24, 2.45) is 0 Å². The summed E-state index contributed by atoms with van der Waals surface area (Å²) < 4.78 is 23.3. The molecule has 0 N–H and O–H groups in total. The molecule has 0 unspecified atom stereocenters. The van der Waals surface area contributed by atoms with Crippen LogP contribution in [0.4, 0.5) is 27.1 Å². The van der Waals surface area contributed by atoms with E-state index < -0.39 is 0 Å².